The smallest absolute Gasteiger partial charge is 0.343 e. The van der Waals surface area contributed by atoms with Crippen LogP contribution in [0.15, 0.2) is 51.7 Å². The van der Waals surface area contributed by atoms with Crippen molar-refractivity contribution in [2.45, 2.75) is 20.8 Å². The van der Waals surface area contributed by atoms with E-state index in [2.05, 4.69) is 24.8 Å². The van der Waals surface area contributed by atoms with E-state index in [0.717, 1.165) is 41.6 Å². The van der Waals surface area contributed by atoms with Crippen LogP contribution in [-0.2, 0) is 0 Å². The molecule has 3 rings (SSSR count). The van der Waals surface area contributed by atoms with Crippen molar-refractivity contribution >= 4 is 35.1 Å². The zero-order valence-electron chi connectivity index (χ0n) is 15.9. The zero-order chi connectivity index (χ0) is 19.4. The van der Waals surface area contributed by atoms with Gasteiger partial charge in [-0.15, -0.1) is 0 Å². The number of nitrogens with zero attached hydrogens (tertiary/aromatic N) is 1. The van der Waals surface area contributed by atoms with Crippen LogP contribution in [0.3, 0.4) is 0 Å². The number of rotatable bonds is 6. The molecule has 4 nitrogen and oxygen atoms in total. The minimum atomic E-state index is -0.350. The SMILES string of the molecule is CCN(CC)c1ccc2c(C)c(/C=C/c3ccc(C=O)cc3)c(=O)oc2c1. The molecule has 0 saturated carbocycles. The van der Waals surface area contributed by atoms with Gasteiger partial charge >= 0.3 is 5.63 Å². The highest BCUT2D eigenvalue weighted by Gasteiger charge is 2.11. The van der Waals surface area contributed by atoms with Crippen LogP contribution in [-0.4, -0.2) is 19.4 Å². The quantitative estimate of drug-likeness (QED) is 0.461. The molecule has 0 amide bonds. The first-order valence-corrected chi connectivity index (χ1v) is 9.13. The van der Waals surface area contributed by atoms with Crippen molar-refractivity contribution < 1.29 is 9.21 Å². The molecule has 0 unspecified atom stereocenters. The van der Waals surface area contributed by atoms with Gasteiger partial charge in [-0.05, 0) is 50.1 Å². The van der Waals surface area contributed by atoms with Gasteiger partial charge in [0.05, 0.1) is 5.56 Å². The maximum Gasteiger partial charge on any atom is 0.343 e. The molecule has 0 aliphatic rings. The van der Waals surface area contributed by atoms with E-state index in [1.54, 1.807) is 18.2 Å². The lowest BCUT2D eigenvalue weighted by molar-refractivity contribution is 0.112. The van der Waals surface area contributed by atoms with Crippen LogP contribution in [0.5, 0.6) is 0 Å². The molecule has 0 bridgehead atoms. The highest BCUT2D eigenvalue weighted by molar-refractivity contribution is 5.87. The number of aryl methyl sites for hydroxylation is 1. The molecule has 27 heavy (non-hydrogen) atoms. The number of hydrogen-bond acceptors (Lipinski definition) is 4. The second-order valence-electron chi connectivity index (χ2n) is 6.40. The Kier molecular flexibility index (Phi) is 5.55. The average Bonchev–Trinajstić information content (AvgIpc) is 2.69. The normalized spacial score (nSPS) is 11.2. The molecule has 0 aliphatic heterocycles. The molecule has 0 aliphatic carbocycles. The number of anilines is 1. The number of aldehydes is 1. The van der Waals surface area contributed by atoms with E-state index in [4.69, 9.17) is 4.42 Å². The standard InChI is InChI=1S/C23H23NO3/c1-4-24(5-2)19-11-13-20-16(3)21(23(26)27-22(20)14-19)12-10-17-6-8-18(15-25)9-7-17/h6-15H,4-5H2,1-3H3/b12-10+. The molecule has 0 spiro atoms. The summed E-state index contributed by atoms with van der Waals surface area (Å²) in [6.45, 7) is 7.94. The van der Waals surface area contributed by atoms with Gasteiger partial charge in [-0.1, -0.05) is 30.3 Å². The lowest BCUT2D eigenvalue weighted by atomic mass is 10.0. The Labute approximate surface area is 158 Å². The fraction of sp³-hybridized carbons (Fsp3) is 0.217. The second-order valence-corrected chi connectivity index (χ2v) is 6.40. The number of carbonyl (C=O) groups is 1. The molecule has 3 aromatic rings. The summed E-state index contributed by atoms with van der Waals surface area (Å²) in [5.74, 6) is 0. The van der Waals surface area contributed by atoms with Gasteiger partial charge in [-0.3, -0.25) is 4.79 Å². The lowest BCUT2D eigenvalue weighted by Crippen LogP contribution is -2.21. The zero-order valence-corrected chi connectivity index (χ0v) is 15.9. The maximum absolute atomic E-state index is 12.5. The molecule has 138 valence electrons. The van der Waals surface area contributed by atoms with Gasteiger partial charge in [0.15, 0.2) is 0 Å². The first-order chi connectivity index (χ1) is 13.1. The van der Waals surface area contributed by atoms with Crippen LogP contribution in [0.2, 0.25) is 0 Å². The highest BCUT2D eigenvalue weighted by atomic mass is 16.4. The minimum absolute atomic E-state index is 0.350. The van der Waals surface area contributed by atoms with Crippen LogP contribution in [0.4, 0.5) is 5.69 Å². The van der Waals surface area contributed by atoms with Gasteiger partial charge in [0.2, 0.25) is 0 Å². The topological polar surface area (TPSA) is 50.5 Å². The van der Waals surface area contributed by atoms with E-state index in [0.29, 0.717) is 16.7 Å². The largest absolute Gasteiger partial charge is 0.422 e. The van der Waals surface area contributed by atoms with Crippen molar-refractivity contribution in [3.8, 4) is 0 Å². The molecule has 0 radical (unpaired) electrons. The monoisotopic (exact) mass is 361 g/mol. The number of carbonyl (C=O) groups excluding carboxylic acids is 1. The third kappa shape index (κ3) is 3.85. The third-order valence-electron chi connectivity index (χ3n) is 4.84. The van der Waals surface area contributed by atoms with E-state index in [-0.39, 0.29) is 5.63 Å². The van der Waals surface area contributed by atoms with Crippen LogP contribution in [0.25, 0.3) is 23.1 Å². The van der Waals surface area contributed by atoms with Crippen LogP contribution in [0, 0.1) is 6.92 Å². The fourth-order valence-corrected chi connectivity index (χ4v) is 3.20. The molecule has 2 aromatic carbocycles. The van der Waals surface area contributed by atoms with Gasteiger partial charge in [0.25, 0.3) is 0 Å². The predicted octanol–water partition coefficient (Wildman–Crippen LogP) is 4.93. The summed E-state index contributed by atoms with van der Waals surface area (Å²) in [7, 11) is 0. The summed E-state index contributed by atoms with van der Waals surface area (Å²) in [4.78, 5) is 25.5. The summed E-state index contributed by atoms with van der Waals surface area (Å²) >= 11 is 0. The number of benzene rings is 2. The van der Waals surface area contributed by atoms with E-state index < -0.39 is 0 Å². The Hall–Kier alpha value is -3.14. The third-order valence-corrected chi connectivity index (χ3v) is 4.84. The van der Waals surface area contributed by atoms with Crippen molar-refractivity contribution in [3.63, 3.8) is 0 Å². The van der Waals surface area contributed by atoms with Gasteiger partial charge in [0, 0.05) is 35.8 Å². The molecule has 1 aromatic heterocycles. The highest BCUT2D eigenvalue weighted by Crippen LogP contribution is 2.25. The summed E-state index contributed by atoms with van der Waals surface area (Å²) in [5, 5.41) is 0.932. The van der Waals surface area contributed by atoms with Crippen molar-refractivity contribution in [2.75, 3.05) is 18.0 Å². The number of fused-ring (bicyclic) bond motifs is 1. The molecule has 0 fully saturated rings. The van der Waals surface area contributed by atoms with Crippen molar-refractivity contribution in [3.05, 3.63) is 75.1 Å². The Morgan fingerprint density at radius 3 is 2.26 bits per heavy atom. The summed E-state index contributed by atoms with van der Waals surface area (Å²) in [6.07, 6.45) is 4.43. The molecule has 1 heterocycles. The van der Waals surface area contributed by atoms with Gasteiger partial charge in [-0.2, -0.15) is 0 Å². The predicted molar refractivity (Wildman–Crippen MR) is 112 cm³/mol. The van der Waals surface area contributed by atoms with Gasteiger partial charge in [-0.25, -0.2) is 4.79 Å². The Morgan fingerprint density at radius 1 is 0.963 bits per heavy atom. The van der Waals surface area contributed by atoms with Crippen molar-refractivity contribution in [1.82, 2.24) is 0 Å². The Bertz CT molecular complexity index is 1040. The summed E-state index contributed by atoms with van der Waals surface area (Å²) in [6, 6.07) is 13.2. The van der Waals surface area contributed by atoms with E-state index in [9.17, 15) is 9.59 Å². The molecule has 0 saturated heterocycles. The second kappa shape index (κ2) is 8.04. The van der Waals surface area contributed by atoms with Crippen LogP contribution >= 0.6 is 0 Å². The van der Waals surface area contributed by atoms with Crippen molar-refractivity contribution in [2.24, 2.45) is 0 Å². The first-order valence-electron chi connectivity index (χ1n) is 9.13. The number of hydrogen-bond donors (Lipinski definition) is 0. The van der Waals surface area contributed by atoms with E-state index in [1.807, 2.05) is 37.3 Å². The molecule has 0 atom stereocenters. The molecule has 4 heteroatoms. The van der Waals surface area contributed by atoms with Crippen molar-refractivity contribution in [1.29, 1.82) is 0 Å². The lowest BCUT2D eigenvalue weighted by Gasteiger charge is -2.21. The summed E-state index contributed by atoms with van der Waals surface area (Å²) in [5.41, 5.74) is 4.28. The van der Waals surface area contributed by atoms with Gasteiger partial charge < -0.3 is 9.32 Å². The van der Waals surface area contributed by atoms with Crippen LogP contribution in [0.1, 0.15) is 40.9 Å². The fourth-order valence-electron chi connectivity index (χ4n) is 3.20. The Morgan fingerprint density at radius 2 is 1.63 bits per heavy atom. The minimum Gasteiger partial charge on any atom is -0.422 e. The van der Waals surface area contributed by atoms with Crippen LogP contribution < -0.4 is 10.5 Å². The molecule has 0 N–H and O–H groups in total. The Balaban J connectivity index is 2.01. The maximum atomic E-state index is 12.5. The van der Waals surface area contributed by atoms with E-state index in [1.165, 1.54) is 0 Å². The van der Waals surface area contributed by atoms with E-state index >= 15 is 0 Å². The molecular weight excluding hydrogens is 338 g/mol. The average molecular weight is 361 g/mol. The first kappa shape index (κ1) is 18.6. The van der Waals surface area contributed by atoms with Gasteiger partial charge in [0.1, 0.15) is 11.9 Å². The molecular formula is C23H23NO3. The summed E-state index contributed by atoms with van der Waals surface area (Å²) < 4.78 is 5.60.